The van der Waals surface area contributed by atoms with Crippen molar-refractivity contribution in [2.24, 2.45) is 0 Å². The molecule has 90 valence electrons. The van der Waals surface area contributed by atoms with E-state index in [0.29, 0.717) is 0 Å². The van der Waals surface area contributed by atoms with Crippen molar-refractivity contribution >= 4 is 16.9 Å². The predicted molar refractivity (Wildman–Crippen MR) is 68.6 cm³/mol. The number of nitrogens with zero attached hydrogens (tertiary/aromatic N) is 5. The number of hydrogen-bond acceptors (Lipinski definition) is 5. The van der Waals surface area contributed by atoms with Crippen LogP contribution in [0.4, 0.5) is 5.82 Å². The zero-order chi connectivity index (χ0) is 12.4. The Morgan fingerprint density at radius 1 is 1.22 bits per heavy atom. The Labute approximate surface area is 104 Å². The summed E-state index contributed by atoms with van der Waals surface area (Å²) >= 11 is 0. The molecule has 0 atom stereocenters. The first-order valence-electron chi connectivity index (χ1n) is 5.73. The third-order valence-electron chi connectivity index (χ3n) is 2.62. The van der Waals surface area contributed by atoms with E-state index in [2.05, 4.69) is 25.4 Å². The number of anilines is 1. The van der Waals surface area contributed by atoms with E-state index in [4.69, 9.17) is 0 Å². The Balaban J connectivity index is 2.18. The van der Waals surface area contributed by atoms with E-state index < -0.39 is 0 Å². The zero-order valence-electron chi connectivity index (χ0n) is 9.91. The molecule has 0 bridgehead atoms. The summed E-state index contributed by atoms with van der Waals surface area (Å²) in [5.74, 6) is 0.808. The minimum atomic E-state index is 0.784. The van der Waals surface area contributed by atoms with Crippen molar-refractivity contribution in [2.45, 2.75) is 6.92 Å². The Bertz CT molecular complexity index is 661. The molecule has 0 aliphatic heterocycles. The van der Waals surface area contributed by atoms with E-state index in [-0.39, 0.29) is 0 Å². The van der Waals surface area contributed by atoms with Crippen molar-refractivity contribution in [1.82, 2.24) is 24.7 Å². The third kappa shape index (κ3) is 1.67. The summed E-state index contributed by atoms with van der Waals surface area (Å²) in [6.07, 6.45) is 6.78. The highest BCUT2D eigenvalue weighted by Crippen LogP contribution is 2.20. The van der Waals surface area contributed by atoms with Gasteiger partial charge in [0, 0.05) is 18.9 Å². The molecule has 3 heterocycles. The van der Waals surface area contributed by atoms with Crippen molar-refractivity contribution < 1.29 is 0 Å². The third-order valence-corrected chi connectivity index (χ3v) is 2.62. The SMILES string of the molecule is CCNc1ncnc2c1cnn2-c1ccncc1. The van der Waals surface area contributed by atoms with Gasteiger partial charge >= 0.3 is 0 Å². The second-order valence-corrected chi connectivity index (χ2v) is 3.75. The second-order valence-electron chi connectivity index (χ2n) is 3.75. The molecule has 3 rings (SSSR count). The number of fused-ring (bicyclic) bond motifs is 1. The van der Waals surface area contributed by atoms with E-state index in [0.717, 1.165) is 29.1 Å². The summed E-state index contributed by atoms with van der Waals surface area (Å²) in [6, 6.07) is 3.78. The molecule has 6 heteroatoms. The first-order valence-corrected chi connectivity index (χ1v) is 5.73. The normalized spacial score (nSPS) is 10.7. The highest BCUT2D eigenvalue weighted by atomic mass is 15.3. The van der Waals surface area contributed by atoms with Crippen LogP contribution in [0.1, 0.15) is 6.92 Å². The maximum Gasteiger partial charge on any atom is 0.168 e. The molecular weight excluding hydrogens is 228 g/mol. The highest BCUT2D eigenvalue weighted by Gasteiger charge is 2.09. The minimum Gasteiger partial charge on any atom is -0.370 e. The van der Waals surface area contributed by atoms with Crippen molar-refractivity contribution in [1.29, 1.82) is 0 Å². The smallest absolute Gasteiger partial charge is 0.168 e. The quantitative estimate of drug-likeness (QED) is 0.753. The average molecular weight is 240 g/mol. The fraction of sp³-hybridized carbons (Fsp3) is 0.167. The van der Waals surface area contributed by atoms with Gasteiger partial charge in [0.1, 0.15) is 12.1 Å². The molecule has 0 unspecified atom stereocenters. The summed E-state index contributed by atoms with van der Waals surface area (Å²) in [4.78, 5) is 12.5. The fourth-order valence-electron chi connectivity index (χ4n) is 1.83. The first kappa shape index (κ1) is 10.6. The number of nitrogens with one attached hydrogen (secondary N) is 1. The molecule has 3 aromatic heterocycles. The maximum atomic E-state index is 4.35. The molecule has 6 nitrogen and oxygen atoms in total. The Kier molecular flexibility index (Phi) is 2.60. The molecule has 0 fully saturated rings. The van der Waals surface area contributed by atoms with Crippen LogP contribution in [0.5, 0.6) is 0 Å². The highest BCUT2D eigenvalue weighted by molar-refractivity contribution is 5.87. The van der Waals surface area contributed by atoms with Gasteiger partial charge in [0.15, 0.2) is 5.65 Å². The molecule has 18 heavy (non-hydrogen) atoms. The average Bonchev–Trinajstić information content (AvgIpc) is 2.85. The molecular formula is C12H12N6. The van der Waals surface area contributed by atoms with E-state index in [1.807, 2.05) is 19.1 Å². The number of hydrogen-bond donors (Lipinski definition) is 1. The van der Waals surface area contributed by atoms with Gasteiger partial charge in [0.2, 0.25) is 0 Å². The summed E-state index contributed by atoms with van der Waals surface area (Å²) in [7, 11) is 0. The van der Waals surface area contributed by atoms with Gasteiger partial charge in [-0.25, -0.2) is 14.6 Å². The van der Waals surface area contributed by atoms with E-state index in [1.165, 1.54) is 0 Å². The van der Waals surface area contributed by atoms with Crippen molar-refractivity contribution in [3.8, 4) is 5.69 Å². The van der Waals surface area contributed by atoms with E-state index in [9.17, 15) is 0 Å². The maximum absolute atomic E-state index is 4.35. The van der Waals surface area contributed by atoms with Gasteiger partial charge < -0.3 is 5.32 Å². The van der Waals surface area contributed by atoms with Gasteiger partial charge in [0.25, 0.3) is 0 Å². The molecule has 0 amide bonds. The van der Waals surface area contributed by atoms with Crippen LogP contribution in [0.2, 0.25) is 0 Å². The lowest BCUT2D eigenvalue weighted by atomic mass is 10.3. The summed E-state index contributed by atoms with van der Waals surface area (Å²) in [5.41, 5.74) is 1.72. The van der Waals surface area contributed by atoms with Crippen molar-refractivity contribution in [2.75, 3.05) is 11.9 Å². The molecule has 0 radical (unpaired) electrons. The van der Waals surface area contributed by atoms with Crippen LogP contribution in [-0.4, -0.2) is 31.3 Å². The van der Waals surface area contributed by atoms with Crippen LogP contribution in [-0.2, 0) is 0 Å². The van der Waals surface area contributed by atoms with Gasteiger partial charge in [0.05, 0.1) is 17.3 Å². The molecule has 0 aliphatic carbocycles. The molecule has 0 aromatic carbocycles. The standard InChI is InChI=1S/C12H12N6/c1-2-14-11-10-7-17-18(12(10)16-8-15-11)9-3-5-13-6-4-9/h3-8H,2H2,1H3,(H,14,15,16). The van der Waals surface area contributed by atoms with Gasteiger partial charge in [-0.1, -0.05) is 0 Å². The topological polar surface area (TPSA) is 68.5 Å². The van der Waals surface area contributed by atoms with Gasteiger partial charge in [-0.15, -0.1) is 0 Å². The minimum absolute atomic E-state index is 0.784. The Hall–Kier alpha value is -2.50. The molecule has 0 saturated heterocycles. The van der Waals surface area contributed by atoms with Crippen molar-refractivity contribution in [3.05, 3.63) is 37.1 Å². The largest absolute Gasteiger partial charge is 0.370 e. The molecule has 0 spiro atoms. The second kappa shape index (κ2) is 4.40. The lowest BCUT2D eigenvalue weighted by molar-refractivity contribution is 0.892. The lowest BCUT2D eigenvalue weighted by Gasteiger charge is -2.04. The lowest BCUT2D eigenvalue weighted by Crippen LogP contribution is -2.01. The van der Waals surface area contributed by atoms with Crippen molar-refractivity contribution in [3.63, 3.8) is 0 Å². The molecule has 0 aliphatic rings. The van der Waals surface area contributed by atoms with Crippen LogP contribution < -0.4 is 5.32 Å². The number of aromatic nitrogens is 5. The van der Waals surface area contributed by atoms with Gasteiger partial charge in [-0.3, -0.25) is 4.98 Å². The molecule has 3 aromatic rings. The summed E-state index contributed by atoms with van der Waals surface area (Å²) < 4.78 is 1.78. The van der Waals surface area contributed by atoms with Crippen LogP contribution in [0.15, 0.2) is 37.1 Å². The number of rotatable bonds is 3. The number of pyridine rings is 1. The van der Waals surface area contributed by atoms with Crippen LogP contribution in [0.25, 0.3) is 16.7 Å². The monoisotopic (exact) mass is 240 g/mol. The van der Waals surface area contributed by atoms with Crippen LogP contribution in [0.3, 0.4) is 0 Å². The first-order chi connectivity index (χ1) is 8.90. The fourth-order valence-corrected chi connectivity index (χ4v) is 1.83. The summed E-state index contributed by atoms with van der Waals surface area (Å²) in [6.45, 7) is 2.84. The predicted octanol–water partition coefficient (Wildman–Crippen LogP) is 1.64. The zero-order valence-corrected chi connectivity index (χ0v) is 9.91. The van der Waals surface area contributed by atoms with Gasteiger partial charge in [-0.05, 0) is 19.1 Å². The van der Waals surface area contributed by atoms with E-state index in [1.54, 1.807) is 29.6 Å². The van der Waals surface area contributed by atoms with Crippen LogP contribution in [0, 0.1) is 0 Å². The molecule has 0 saturated carbocycles. The van der Waals surface area contributed by atoms with E-state index >= 15 is 0 Å². The van der Waals surface area contributed by atoms with Crippen LogP contribution >= 0.6 is 0 Å². The Morgan fingerprint density at radius 2 is 2.06 bits per heavy atom. The van der Waals surface area contributed by atoms with Gasteiger partial charge in [-0.2, -0.15) is 5.10 Å². The molecule has 1 N–H and O–H groups in total. The summed E-state index contributed by atoms with van der Waals surface area (Å²) in [5, 5.41) is 8.47. The Morgan fingerprint density at radius 3 is 2.83 bits per heavy atom.